The molecule has 0 aliphatic carbocycles. The van der Waals surface area contributed by atoms with Crippen LogP contribution < -0.4 is 19.9 Å². The molecule has 28 heavy (non-hydrogen) atoms. The van der Waals surface area contributed by atoms with E-state index in [1.165, 1.54) is 9.80 Å². The molecule has 0 unspecified atom stereocenters. The van der Waals surface area contributed by atoms with Crippen LogP contribution in [0.3, 0.4) is 0 Å². The lowest BCUT2D eigenvalue weighted by molar-refractivity contribution is -0.142. The van der Waals surface area contributed by atoms with E-state index >= 15 is 0 Å². The molecule has 1 aliphatic rings. The smallest absolute Gasteiger partial charge is 0.326 e. The fraction of sp³-hybridized carbons (Fsp3) is 0.250. The van der Waals surface area contributed by atoms with E-state index in [-0.39, 0.29) is 25.6 Å². The van der Waals surface area contributed by atoms with Crippen molar-refractivity contribution >= 4 is 35.0 Å². The van der Waals surface area contributed by atoms with Gasteiger partial charge in [0.25, 0.3) is 0 Å². The van der Waals surface area contributed by atoms with Crippen molar-refractivity contribution in [2.75, 3.05) is 41.9 Å². The van der Waals surface area contributed by atoms with Gasteiger partial charge in [-0.1, -0.05) is 12.1 Å². The van der Waals surface area contributed by atoms with Gasteiger partial charge in [-0.3, -0.25) is 19.4 Å². The monoisotopic (exact) mass is 383 g/mol. The first-order valence-electron chi connectivity index (χ1n) is 8.81. The molecule has 146 valence electrons. The van der Waals surface area contributed by atoms with E-state index in [0.29, 0.717) is 22.8 Å². The predicted octanol–water partition coefficient (Wildman–Crippen LogP) is 2.64. The van der Waals surface area contributed by atoms with Gasteiger partial charge in [0.15, 0.2) is 0 Å². The molecule has 0 spiro atoms. The van der Waals surface area contributed by atoms with Gasteiger partial charge in [0.1, 0.15) is 18.8 Å². The standard InChI is InChI=1S/C20H21N3O5/c1-3-28-19(25)13-22-16-6-4-5-7-17(16)23(12-18(22)24)20(26)21-14-8-10-15(27-2)11-9-14/h4-11H,3,12-13H2,1-2H3,(H,21,26). The highest BCUT2D eigenvalue weighted by molar-refractivity contribution is 6.14. The lowest BCUT2D eigenvalue weighted by Crippen LogP contribution is -2.51. The number of ether oxygens (including phenoxy) is 2. The Morgan fingerprint density at radius 1 is 1.07 bits per heavy atom. The Morgan fingerprint density at radius 2 is 1.75 bits per heavy atom. The van der Waals surface area contributed by atoms with Gasteiger partial charge in [-0.05, 0) is 43.3 Å². The number of carbonyl (C=O) groups excluding carboxylic acids is 3. The minimum absolute atomic E-state index is 0.182. The van der Waals surface area contributed by atoms with Crippen molar-refractivity contribution in [3.8, 4) is 5.75 Å². The Morgan fingerprint density at radius 3 is 2.39 bits per heavy atom. The molecule has 0 fully saturated rings. The molecule has 0 radical (unpaired) electrons. The van der Waals surface area contributed by atoms with Crippen LogP contribution in [0.2, 0.25) is 0 Å². The van der Waals surface area contributed by atoms with Gasteiger partial charge in [-0.15, -0.1) is 0 Å². The zero-order valence-electron chi connectivity index (χ0n) is 15.7. The highest BCUT2D eigenvalue weighted by Gasteiger charge is 2.33. The molecule has 0 saturated heterocycles. The van der Waals surface area contributed by atoms with Crippen molar-refractivity contribution in [3.63, 3.8) is 0 Å². The summed E-state index contributed by atoms with van der Waals surface area (Å²) in [4.78, 5) is 40.0. The van der Waals surface area contributed by atoms with Crippen molar-refractivity contribution in [1.82, 2.24) is 0 Å². The van der Waals surface area contributed by atoms with E-state index < -0.39 is 12.0 Å². The minimum Gasteiger partial charge on any atom is -0.497 e. The number of rotatable bonds is 5. The number of methoxy groups -OCH3 is 1. The third-order valence-corrected chi connectivity index (χ3v) is 4.24. The number of esters is 1. The largest absolute Gasteiger partial charge is 0.497 e. The zero-order chi connectivity index (χ0) is 20.1. The number of carbonyl (C=O) groups is 3. The van der Waals surface area contributed by atoms with Crippen molar-refractivity contribution in [1.29, 1.82) is 0 Å². The molecule has 1 heterocycles. The van der Waals surface area contributed by atoms with E-state index in [1.54, 1.807) is 62.6 Å². The van der Waals surface area contributed by atoms with Crippen LogP contribution in [-0.2, 0) is 14.3 Å². The second-order valence-corrected chi connectivity index (χ2v) is 6.02. The van der Waals surface area contributed by atoms with Crippen LogP contribution in [0.25, 0.3) is 0 Å². The summed E-state index contributed by atoms with van der Waals surface area (Å²) in [7, 11) is 1.56. The molecule has 0 saturated carbocycles. The number of para-hydroxylation sites is 2. The molecule has 0 bridgehead atoms. The van der Waals surface area contributed by atoms with Crippen LogP contribution >= 0.6 is 0 Å². The average Bonchev–Trinajstić information content (AvgIpc) is 2.70. The number of urea groups is 1. The molecule has 1 aliphatic heterocycles. The highest BCUT2D eigenvalue weighted by Crippen LogP contribution is 2.33. The molecule has 2 aromatic carbocycles. The highest BCUT2D eigenvalue weighted by atomic mass is 16.5. The normalized spacial score (nSPS) is 13.0. The Labute approximate surface area is 162 Å². The van der Waals surface area contributed by atoms with Gasteiger partial charge in [-0.25, -0.2) is 4.79 Å². The molecule has 8 nitrogen and oxygen atoms in total. The SMILES string of the molecule is CCOC(=O)CN1C(=O)CN(C(=O)Nc2ccc(OC)cc2)c2ccccc21. The molecular weight excluding hydrogens is 362 g/mol. The van der Waals surface area contributed by atoms with Gasteiger partial charge in [0.05, 0.1) is 25.1 Å². The first kappa shape index (κ1) is 19.2. The van der Waals surface area contributed by atoms with E-state index in [0.717, 1.165) is 0 Å². The number of nitrogens with zero attached hydrogens (tertiary/aromatic N) is 2. The average molecular weight is 383 g/mol. The minimum atomic E-state index is -0.498. The lowest BCUT2D eigenvalue weighted by Gasteiger charge is -2.35. The summed E-state index contributed by atoms with van der Waals surface area (Å²) in [6.07, 6.45) is 0. The lowest BCUT2D eigenvalue weighted by atomic mass is 10.1. The maximum Gasteiger partial charge on any atom is 0.326 e. The second kappa shape index (κ2) is 8.43. The summed E-state index contributed by atoms with van der Waals surface area (Å²) < 4.78 is 10.0. The maximum atomic E-state index is 12.8. The number of anilines is 3. The quantitative estimate of drug-likeness (QED) is 0.802. The Balaban J connectivity index is 1.82. The number of benzene rings is 2. The van der Waals surface area contributed by atoms with Crippen LogP contribution in [0.15, 0.2) is 48.5 Å². The fourth-order valence-electron chi connectivity index (χ4n) is 2.92. The molecule has 1 N–H and O–H groups in total. The van der Waals surface area contributed by atoms with Crippen molar-refractivity contribution in [2.45, 2.75) is 6.92 Å². The van der Waals surface area contributed by atoms with Crippen LogP contribution in [-0.4, -0.2) is 44.7 Å². The molecule has 2 aromatic rings. The van der Waals surface area contributed by atoms with Crippen LogP contribution in [0.1, 0.15) is 6.92 Å². The molecule has 0 aromatic heterocycles. The number of hydrogen-bond donors (Lipinski definition) is 1. The Kier molecular flexibility index (Phi) is 5.78. The third kappa shape index (κ3) is 4.06. The Bertz CT molecular complexity index is 882. The number of nitrogens with one attached hydrogen (secondary N) is 1. The molecule has 3 amide bonds. The van der Waals surface area contributed by atoms with Crippen LogP contribution in [0.5, 0.6) is 5.75 Å². The second-order valence-electron chi connectivity index (χ2n) is 6.02. The molecule has 0 atom stereocenters. The van der Waals surface area contributed by atoms with Crippen molar-refractivity contribution < 1.29 is 23.9 Å². The summed E-state index contributed by atoms with van der Waals surface area (Å²) in [6, 6.07) is 13.4. The number of fused-ring (bicyclic) bond motifs is 1. The number of amides is 3. The zero-order valence-corrected chi connectivity index (χ0v) is 15.7. The summed E-state index contributed by atoms with van der Waals surface area (Å²) >= 11 is 0. The van der Waals surface area contributed by atoms with Gasteiger partial charge >= 0.3 is 12.0 Å². The summed E-state index contributed by atoms with van der Waals surface area (Å²) in [6.45, 7) is 1.56. The first-order chi connectivity index (χ1) is 13.5. The molecule has 3 rings (SSSR count). The molecular formula is C20H21N3O5. The Hall–Kier alpha value is -3.55. The van der Waals surface area contributed by atoms with E-state index in [4.69, 9.17) is 9.47 Å². The topological polar surface area (TPSA) is 88.2 Å². The summed E-state index contributed by atoms with van der Waals surface area (Å²) in [5.74, 6) is -0.190. The van der Waals surface area contributed by atoms with Gasteiger partial charge in [0, 0.05) is 5.69 Å². The van der Waals surface area contributed by atoms with E-state index in [2.05, 4.69) is 5.32 Å². The predicted molar refractivity (Wildman–Crippen MR) is 105 cm³/mol. The van der Waals surface area contributed by atoms with Gasteiger partial charge in [0.2, 0.25) is 5.91 Å². The summed E-state index contributed by atoms with van der Waals surface area (Å²) in [5.41, 5.74) is 1.60. The summed E-state index contributed by atoms with van der Waals surface area (Å²) in [5, 5.41) is 2.77. The molecule has 8 heteroatoms. The van der Waals surface area contributed by atoms with E-state index in [9.17, 15) is 14.4 Å². The third-order valence-electron chi connectivity index (χ3n) is 4.24. The van der Waals surface area contributed by atoms with Gasteiger partial charge in [-0.2, -0.15) is 0 Å². The van der Waals surface area contributed by atoms with Crippen LogP contribution in [0.4, 0.5) is 21.9 Å². The van der Waals surface area contributed by atoms with Crippen LogP contribution in [0, 0.1) is 0 Å². The fourth-order valence-corrected chi connectivity index (χ4v) is 2.92. The van der Waals surface area contributed by atoms with Gasteiger partial charge < -0.3 is 14.8 Å². The van der Waals surface area contributed by atoms with Crippen molar-refractivity contribution in [2.24, 2.45) is 0 Å². The van der Waals surface area contributed by atoms with Crippen molar-refractivity contribution in [3.05, 3.63) is 48.5 Å². The van der Waals surface area contributed by atoms with E-state index in [1.807, 2.05) is 0 Å². The number of hydrogen-bond acceptors (Lipinski definition) is 5. The first-order valence-corrected chi connectivity index (χ1v) is 8.81. The maximum absolute atomic E-state index is 12.8.